The van der Waals surface area contributed by atoms with Crippen LogP contribution >= 0.6 is 0 Å². The predicted molar refractivity (Wildman–Crippen MR) is 187 cm³/mol. The largest absolute Gasteiger partial charge is 0.511 e. The summed E-state index contributed by atoms with van der Waals surface area (Å²) in [7, 11) is 0. The summed E-state index contributed by atoms with van der Waals surface area (Å²) in [6.07, 6.45) is -3.53. The Hall–Kier alpha value is -4.19. The molecule has 0 spiro atoms. The Balaban J connectivity index is 1.52. The van der Waals surface area contributed by atoms with Gasteiger partial charge in [-0.05, 0) is 34.9 Å². The number of allylic oxidation sites excluding steroid dienone is 2. The van der Waals surface area contributed by atoms with Crippen molar-refractivity contribution >= 4 is 17.5 Å². The van der Waals surface area contributed by atoms with Crippen molar-refractivity contribution < 1.29 is 43.9 Å². The SMILES string of the molecule is CC1(C)CC(=O)C(C(CCCC(=O)O)=NC2[C@H](OCc3ccccc3)OC(COCc3ccccc3)[C@@H](O)[C@H]2OCc2ccccc2)=C(O)C1. The number of nitrogens with zero attached hydrogens (tertiary/aromatic N) is 1. The molecule has 3 aromatic carbocycles. The number of hydrogen-bond acceptors (Lipinski definition) is 9. The Morgan fingerprint density at radius 3 is 1.96 bits per heavy atom. The molecule has 0 radical (unpaired) electrons. The maximum atomic E-state index is 13.6. The standard InChI is InChI=1S/C40H47NO9/c1-40(2)21-31(42)35(32(43)22-40)30(19-12-20-34(44)45)41-36-38(48-24-28-15-8-4-9-16-28)37(46)33(26-47-23-27-13-6-3-7-14-27)50-39(36)49-25-29-17-10-5-11-18-29/h3-11,13-18,33,36-39,42,46H,12,19-26H2,1-2H3,(H,44,45)/t33?,36?,37-,38+,39-/m1/s1. The number of rotatable bonds is 16. The Bertz CT molecular complexity index is 1610. The van der Waals surface area contributed by atoms with Crippen molar-refractivity contribution in [2.75, 3.05) is 6.61 Å². The smallest absolute Gasteiger partial charge is 0.303 e. The third-order valence-electron chi connectivity index (χ3n) is 8.83. The summed E-state index contributed by atoms with van der Waals surface area (Å²) in [5.74, 6) is -1.35. The zero-order valence-corrected chi connectivity index (χ0v) is 28.6. The zero-order valence-electron chi connectivity index (χ0n) is 28.6. The normalized spacial score (nSPS) is 23.9. The number of carboxylic acids is 1. The van der Waals surface area contributed by atoms with Crippen molar-refractivity contribution in [1.82, 2.24) is 0 Å². The quantitative estimate of drug-likeness (QED) is 0.147. The first-order valence-corrected chi connectivity index (χ1v) is 17.1. The molecule has 5 rings (SSSR count). The minimum absolute atomic E-state index is 0.0356. The van der Waals surface area contributed by atoms with E-state index < -0.39 is 42.0 Å². The van der Waals surface area contributed by atoms with E-state index >= 15 is 0 Å². The number of Topliss-reactive ketones (excluding diaryl/α,β-unsaturated/α-hetero) is 1. The van der Waals surface area contributed by atoms with Gasteiger partial charge < -0.3 is 34.3 Å². The number of aliphatic imine (C=N–C) groups is 1. The topological polar surface area (TPSA) is 144 Å². The zero-order chi connectivity index (χ0) is 35.5. The summed E-state index contributed by atoms with van der Waals surface area (Å²) in [6.45, 7) is 4.46. The van der Waals surface area contributed by atoms with E-state index in [9.17, 15) is 24.9 Å². The highest BCUT2D eigenvalue weighted by Gasteiger charge is 2.48. The highest BCUT2D eigenvalue weighted by Crippen LogP contribution is 2.38. The maximum Gasteiger partial charge on any atom is 0.303 e. The van der Waals surface area contributed by atoms with E-state index in [0.29, 0.717) is 6.61 Å². The molecule has 10 nitrogen and oxygen atoms in total. The molecule has 5 atom stereocenters. The van der Waals surface area contributed by atoms with Gasteiger partial charge in [-0.15, -0.1) is 0 Å². The van der Waals surface area contributed by atoms with E-state index in [1.165, 1.54) is 0 Å². The van der Waals surface area contributed by atoms with E-state index in [0.717, 1.165) is 16.7 Å². The van der Waals surface area contributed by atoms with Gasteiger partial charge in [-0.3, -0.25) is 14.6 Å². The summed E-state index contributed by atoms with van der Waals surface area (Å²) in [4.78, 5) is 30.1. The van der Waals surface area contributed by atoms with Crippen molar-refractivity contribution in [1.29, 1.82) is 0 Å². The monoisotopic (exact) mass is 685 g/mol. The molecular weight excluding hydrogens is 638 g/mol. The number of aliphatic hydroxyl groups is 2. The number of carboxylic acid groups (broad SMARTS) is 1. The molecule has 50 heavy (non-hydrogen) atoms. The number of benzene rings is 3. The summed E-state index contributed by atoms with van der Waals surface area (Å²) in [5, 5.41) is 32.5. The number of carbonyl (C=O) groups excluding carboxylic acids is 1. The number of carbonyl (C=O) groups is 2. The van der Waals surface area contributed by atoms with Crippen LogP contribution in [0.15, 0.2) is 107 Å². The summed E-state index contributed by atoms with van der Waals surface area (Å²) in [6, 6.07) is 27.7. The molecule has 3 N–H and O–H groups in total. The van der Waals surface area contributed by atoms with Crippen molar-refractivity contribution in [2.24, 2.45) is 10.4 Å². The average molecular weight is 686 g/mol. The van der Waals surface area contributed by atoms with Gasteiger partial charge in [0, 0.05) is 25.0 Å². The van der Waals surface area contributed by atoms with Crippen LogP contribution in [0.4, 0.5) is 0 Å². The first-order chi connectivity index (χ1) is 24.1. The second-order valence-corrected chi connectivity index (χ2v) is 13.7. The highest BCUT2D eigenvalue weighted by molar-refractivity contribution is 6.23. The van der Waals surface area contributed by atoms with Crippen LogP contribution in [0.25, 0.3) is 0 Å². The van der Waals surface area contributed by atoms with Crippen LogP contribution in [0.2, 0.25) is 0 Å². The summed E-state index contributed by atoms with van der Waals surface area (Å²) >= 11 is 0. The summed E-state index contributed by atoms with van der Waals surface area (Å²) < 4.78 is 25.3. The van der Waals surface area contributed by atoms with E-state index in [4.69, 9.17) is 23.9 Å². The number of aliphatic hydroxyl groups excluding tert-OH is 2. The number of ether oxygens (including phenoxy) is 4. The van der Waals surface area contributed by atoms with Crippen molar-refractivity contribution in [3.63, 3.8) is 0 Å². The fourth-order valence-electron chi connectivity index (χ4n) is 6.35. The van der Waals surface area contributed by atoms with Crippen LogP contribution in [-0.2, 0) is 48.4 Å². The molecule has 2 unspecified atom stereocenters. The van der Waals surface area contributed by atoms with Crippen LogP contribution in [0.5, 0.6) is 0 Å². The first kappa shape index (κ1) is 37.1. The van der Waals surface area contributed by atoms with Gasteiger partial charge >= 0.3 is 5.97 Å². The van der Waals surface area contributed by atoms with Gasteiger partial charge in [-0.1, -0.05) is 105 Å². The molecule has 0 bridgehead atoms. The molecule has 1 saturated heterocycles. The number of ketones is 1. The predicted octanol–water partition coefficient (Wildman–Crippen LogP) is 6.36. The highest BCUT2D eigenvalue weighted by atomic mass is 16.7. The minimum atomic E-state index is -1.22. The Labute approximate surface area is 293 Å². The Morgan fingerprint density at radius 2 is 1.40 bits per heavy atom. The fraction of sp³-hybridized carbons (Fsp3) is 0.425. The van der Waals surface area contributed by atoms with Gasteiger partial charge in [0.25, 0.3) is 0 Å². The Kier molecular flexibility index (Phi) is 13.1. The number of aliphatic carboxylic acids is 1. The van der Waals surface area contributed by atoms with Crippen LogP contribution < -0.4 is 0 Å². The van der Waals surface area contributed by atoms with E-state index in [-0.39, 0.29) is 74.8 Å². The van der Waals surface area contributed by atoms with Crippen molar-refractivity contribution in [3.05, 3.63) is 119 Å². The first-order valence-electron chi connectivity index (χ1n) is 17.1. The molecule has 1 heterocycles. The van der Waals surface area contributed by atoms with Gasteiger partial charge in [-0.25, -0.2) is 0 Å². The van der Waals surface area contributed by atoms with E-state index in [1.54, 1.807) is 0 Å². The molecule has 1 aliphatic heterocycles. The second kappa shape index (κ2) is 17.6. The third-order valence-corrected chi connectivity index (χ3v) is 8.83. The van der Waals surface area contributed by atoms with Gasteiger partial charge in [0.1, 0.15) is 30.1 Å². The summed E-state index contributed by atoms with van der Waals surface area (Å²) in [5.41, 5.74) is 2.60. The molecule has 0 saturated carbocycles. The molecular formula is C40H47NO9. The van der Waals surface area contributed by atoms with Crippen LogP contribution in [-0.4, -0.2) is 70.0 Å². The van der Waals surface area contributed by atoms with Crippen molar-refractivity contribution in [3.8, 4) is 0 Å². The van der Waals surface area contributed by atoms with Crippen LogP contribution in [0, 0.1) is 5.41 Å². The van der Waals surface area contributed by atoms with Crippen LogP contribution in [0.1, 0.15) is 62.6 Å². The van der Waals surface area contributed by atoms with Gasteiger partial charge in [0.05, 0.1) is 32.0 Å². The lowest BCUT2D eigenvalue weighted by molar-refractivity contribution is -0.279. The molecule has 2 aliphatic rings. The molecule has 1 fully saturated rings. The molecule has 0 amide bonds. The third kappa shape index (κ3) is 10.4. The second-order valence-electron chi connectivity index (χ2n) is 13.7. The maximum absolute atomic E-state index is 13.6. The molecule has 0 aromatic heterocycles. The van der Waals surface area contributed by atoms with E-state index in [2.05, 4.69) is 0 Å². The lowest BCUT2D eigenvalue weighted by Gasteiger charge is -2.43. The minimum Gasteiger partial charge on any atom is -0.511 e. The van der Waals surface area contributed by atoms with Crippen LogP contribution in [0.3, 0.4) is 0 Å². The van der Waals surface area contributed by atoms with Crippen molar-refractivity contribution in [2.45, 2.75) is 96.4 Å². The Morgan fingerprint density at radius 1 is 0.840 bits per heavy atom. The number of hydrogen-bond donors (Lipinski definition) is 3. The van der Waals surface area contributed by atoms with Gasteiger partial charge in [-0.2, -0.15) is 0 Å². The van der Waals surface area contributed by atoms with Gasteiger partial charge in [0.2, 0.25) is 0 Å². The fourth-order valence-corrected chi connectivity index (χ4v) is 6.35. The lowest BCUT2D eigenvalue weighted by atomic mass is 9.75. The molecule has 3 aromatic rings. The van der Waals surface area contributed by atoms with E-state index in [1.807, 2.05) is 105 Å². The molecule has 1 aliphatic carbocycles. The van der Waals surface area contributed by atoms with Gasteiger partial charge in [0.15, 0.2) is 12.1 Å². The molecule has 266 valence electrons. The molecule has 10 heteroatoms. The average Bonchev–Trinajstić information content (AvgIpc) is 3.08. The lowest BCUT2D eigenvalue weighted by Crippen LogP contribution is -2.59.